The Labute approximate surface area is 131 Å². The number of nitrogens with zero attached hydrogens (tertiary/aromatic N) is 2. The summed E-state index contributed by atoms with van der Waals surface area (Å²) >= 11 is 0. The zero-order valence-corrected chi connectivity index (χ0v) is 14.3. The van der Waals surface area contributed by atoms with Crippen molar-refractivity contribution in [1.29, 1.82) is 0 Å². The largest absolute Gasteiger partial charge is 0.328 e. The van der Waals surface area contributed by atoms with Crippen LogP contribution >= 0.6 is 0 Å². The minimum atomic E-state index is -3.67. The fourth-order valence-electron chi connectivity index (χ4n) is 2.51. The molecule has 1 aliphatic heterocycles. The highest BCUT2D eigenvalue weighted by Gasteiger charge is 2.31. The van der Waals surface area contributed by atoms with Crippen LogP contribution in [0.15, 0.2) is 28.3 Å². The summed E-state index contributed by atoms with van der Waals surface area (Å²) < 4.78 is 49.4. The predicted octanol–water partition coefficient (Wildman–Crippen LogP) is 0.233. The Morgan fingerprint density at radius 3 is 2.50 bits per heavy atom. The third-order valence-corrected chi connectivity index (χ3v) is 6.74. The second kappa shape index (κ2) is 6.23. The number of hydrogen-bond acceptors (Lipinski definition) is 6. The van der Waals surface area contributed by atoms with Gasteiger partial charge in [0.2, 0.25) is 10.0 Å². The van der Waals surface area contributed by atoms with Crippen molar-refractivity contribution >= 4 is 19.9 Å². The molecule has 0 spiro atoms. The van der Waals surface area contributed by atoms with Crippen LogP contribution in [0, 0.1) is 5.92 Å². The summed E-state index contributed by atoms with van der Waals surface area (Å²) in [5, 5.41) is -0.140. The van der Waals surface area contributed by atoms with Crippen molar-refractivity contribution in [3.63, 3.8) is 0 Å². The number of piperidine rings is 1. The molecule has 1 saturated heterocycles. The molecule has 7 nitrogen and oxygen atoms in total. The standard InChI is InChI=1S/C13H21N3O4S2/c1-10(14)11-4-3-7-16(9-11)22(19,20)12-5-6-13(15-8-12)21(2,17)18/h5-6,8,10-11H,3-4,7,9,14H2,1-2H3. The van der Waals surface area contributed by atoms with Gasteiger partial charge in [-0.25, -0.2) is 21.8 Å². The molecule has 0 saturated carbocycles. The number of sulfone groups is 1. The van der Waals surface area contributed by atoms with E-state index in [0.29, 0.717) is 13.1 Å². The van der Waals surface area contributed by atoms with Crippen LogP contribution in [0.4, 0.5) is 0 Å². The summed E-state index contributed by atoms with van der Waals surface area (Å²) in [5.41, 5.74) is 5.88. The summed E-state index contributed by atoms with van der Waals surface area (Å²) in [6.45, 7) is 2.70. The molecule has 1 aromatic heterocycles. The molecule has 2 rings (SSSR count). The van der Waals surface area contributed by atoms with E-state index >= 15 is 0 Å². The van der Waals surface area contributed by atoms with Gasteiger partial charge in [0.05, 0.1) is 0 Å². The zero-order chi connectivity index (χ0) is 16.5. The van der Waals surface area contributed by atoms with Crippen LogP contribution in [0.2, 0.25) is 0 Å². The van der Waals surface area contributed by atoms with Crippen LogP contribution in [0.25, 0.3) is 0 Å². The van der Waals surface area contributed by atoms with Crippen LogP contribution < -0.4 is 5.73 Å². The first-order valence-corrected chi connectivity index (χ1v) is 10.4. The minimum absolute atomic E-state index is 0.00484. The second-order valence-electron chi connectivity index (χ2n) is 5.73. The van der Waals surface area contributed by atoms with Crippen LogP contribution in [-0.2, 0) is 19.9 Å². The van der Waals surface area contributed by atoms with Gasteiger partial charge in [-0.15, -0.1) is 0 Å². The first kappa shape index (κ1) is 17.3. The number of pyridine rings is 1. The monoisotopic (exact) mass is 347 g/mol. The summed E-state index contributed by atoms with van der Waals surface area (Å²) in [6, 6.07) is 2.44. The van der Waals surface area contributed by atoms with Gasteiger partial charge in [0.25, 0.3) is 0 Å². The van der Waals surface area contributed by atoms with Crippen LogP contribution in [-0.4, -0.2) is 51.5 Å². The van der Waals surface area contributed by atoms with E-state index in [2.05, 4.69) is 4.98 Å². The van der Waals surface area contributed by atoms with E-state index in [0.717, 1.165) is 25.3 Å². The maximum absolute atomic E-state index is 12.6. The predicted molar refractivity (Wildman–Crippen MR) is 82.5 cm³/mol. The Hall–Kier alpha value is -1.03. The molecule has 1 aromatic rings. The first-order chi connectivity index (χ1) is 10.1. The maximum Gasteiger partial charge on any atom is 0.244 e. The average Bonchev–Trinajstić information content (AvgIpc) is 2.46. The Morgan fingerprint density at radius 1 is 1.32 bits per heavy atom. The molecule has 1 fully saturated rings. The highest BCUT2D eigenvalue weighted by molar-refractivity contribution is 7.90. The molecule has 22 heavy (non-hydrogen) atoms. The molecule has 0 aromatic carbocycles. The van der Waals surface area contributed by atoms with Gasteiger partial charge in [-0.2, -0.15) is 4.31 Å². The SMILES string of the molecule is CC(N)C1CCCN(S(=O)(=O)c2ccc(S(C)(=O)=O)nc2)C1. The van der Waals surface area contributed by atoms with Crippen LogP contribution in [0.3, 0.4) is 0 Å². The number of sulfonamides is 1. The van der Waals surface area contributed by atoms with Crippen molar-refractivity contribution < 1.29 is 16.8 Å². The lowest BCUT2D eigenvalue weighted by atomic mass is 9.93. The van der Waals surface area contributed by atoms with Crippen molar-refractivity contribution in [2.45, 2.75) is 35.7 Å². The lowest BCUT2D eigenvalue weighted by molar-refractivity contribution is 0.243. The number of nitrogens with two attached hydrogens (primary N) is 1. The van der Waals surface area contributed by atoms with Crippen molar-refractivity contribution in [3.05, 3.63) is 18.3 Å². The van der Waals surface area contributed by atoms with Gasteiger partial charge in [-0.1, -0.05) is 0 Å². The molecule has 124 valence electrons. The molecule has 1 aliphatic rings. The summed E-state index contributed by atoms with van der Waals surface area (Å²) in [6.07, 6.45) is 3.80. The number of hydrogen-bond donors (Lipinski definition) is 1. The number of rotatable bonds is 4. The smallest absolute Gasteiger partial charge is 0.244 e. The lowest BCUT2D eigenvalue weighted by Gasteiger charge is -2.33. The van der Waals surface area contributed by atoms with Crippen molar-refractivity contribution in [3.8, 4) is 0 Å². The van der Waals surface area contributed by atoms with Crippen molar-refractivity contribution in [2.75, 3.05) is 19.3 Å². The van der Waals surface area contributed by atoms with Gasteiger partial charge in [-0.3, -0.25) is 0 Å². The van der Waals surface area contributed by atoms with Gasteiger partial charge in [-0.05, 0) is 37.8 Å². The van der Waals surface area contributed by atoms with Crippen molar-refractivity contribution in [2.24, 2.45) is 11.7 Å². The Balaban J connectivity index is 2.26. The Kier molecular flexibility index (Phi) is 4.90. The van der Waals surface area contributed by atoms with Gasteiger partial charge >= 0.3 is 0 Å². The molecule has 2 heterocycles. The average molecular weight is 347 g/mol. The summed E-state index contributed by atoms with van der Waals surface area (Å²) in [4.78, 5) is 3.75. The first-order valence-electron chi connectivity index (χ1n) is 7.04. The van der Waals surface area contributed by atoms with Gasteiger partial charge in [0.15, 0.2) is 14.9 Å². The zero-order valence-electron chi connectivity index (χ0n) is 12.6. The second-order valence-corrected chi connectivity index (χ2v) is 9.63. The normalized spacial score (nSPS) is 22.4. The molecule has 2 unspecified atom stereocenters. The topological polar surface area (TPSA) is 110 Å². The minimum Gasteiger partial charge on any atom is -0.328 e. The Morgan fingerprint density at radius 2 is 2.00 bits per heavy atom. The third kappa shape index (κ3) is 3.65. The van der Waals surface area contributed by atoms with E-state index in [1.807, 2.05) is 6.92 Å². The van der Waals surface area contributed by atoms with E-state index in [4.69, 9.17) is 5.73 Å². The van der Waals surface area contributed by atoms with Crippen molar-refractivity contribution in [1.82, 2.24) is 9.29 Å². The molecule has 0 amide bonds. The van der Waals surface area contributed by atoms with Gasteiger partial charge < -0.3 is 5.73 Å². The fraction of sp³-hybridized carbons (Fsp3) is 0.615. The van der Waals surface area contributed by atoms with E-state index in [1.54, 1.807) is 0 Å². The molecule has 0 bridgehead atoms. The summed E-state index contributed by atoms with van der Waals surface area (Å²) in [7, 11) is -7.12. The maximum atomic E-state index is 12.6. The lowest BCUT2D eigenvalue weighted by Crippen LogP contribution is -2.44. The molecule has 9 heteroatoms. The van der Waals surface area contributed by atoms with E-state index in [1.165, 1.54) is 16.4 Å². The molecular formula is C13H21N3O4S2. The van der Waals surface area contributed by atoms with Gasteiger partial charge in [0.1, 0.15) is 4.90 Å². The van der Waals surface area contributed by atoms with E-state index < -0.39 is 19.9 Å². The molecule has 2 atom stereocenters. The summed E-state index contributed by atoms with van der Waals surface area (Å²) in [5.74, 6) is 0.131. The highest BCUT2D eigenvalue weighted by Crippen LogP contribution is 2.25. The third-order valence-electron chi connectivity index (χ3n) is 3.89. The molecule has 0 radical (unpaired) electrons. The molecular weight excluding hydrogens is 326 g/mol. The molecule has 0 aliphatic carbocycles. The van der Waals surface area contributed by atoms with E-state index in [9.17, 15) is 16.8 Å². The van der Waals surface area contributed by atoms with E-state index in [-0.39, 0.29) is 21.9 Å². The van der Waals surface area contributed by atoms with Gasteiger partial charge in [0, 0.05) is 31.6 Å². The van der Waals surface area contributed by atoms with Crippen LogP contribution in [0.5, 0.6) is 0 Å². The Bertz CT molecular complexity index is 727. The quantitative estimate of drug-likeness (QED) is 0.835. The van der Waals surface area contributed by atoms with Crippen LogP contribution in [0.1, 0.15) is 19.8 Å². The number of aromatic nitrogens is 1. The molecule has 2 N–H and O–H groups in total. The fourth-order valence-corrected chi connectivity index (χ4v) is 4.55. The highest BCUT2D eigenvalue weighted by atomic mass is 32.2.